The predicted molar refractivity (Wildman–Crippen MR) is 168 cm³/mol. The molecule has 42 heavy (non-hydrogen) atoms. The lowest BCUT2D eigenvalue weighted by Crippen LogP contribution is -2.52. The summed E-state index contributed by atoms with van der Waals surface area (Å²) in [4.78, 5) is 28.9. The number of sulfonamides is 1. The summed E-state index contributed by atoms with van der Waals surface area (Å²) in [5.41, 5.74) is 1.61. The molecule has 0 spiro atoms. The Hall–Kier alpha value is -3.27. The van der Waals surface area contributed by atoms with E-state index in [1.807, 2.05) is 20.8 Å². The lowest BCUT2D eigenvalue weighted by atomic mass is 10.1. The van der Waals surface area contributed by atoms with Gasteiger partial charge in [-0.2, -0.15) is 0 Å². The van der Waals surface area contributed by atoms with Crippen LogP contribution in [0.3, 0.4) is 0 Å². The van der Waals surface area contributed by atoms with Crippen LogP contribution < -0.4 is 14.4 Å². The molecule has 0 aromatic heterocycles. The van der Waals surface area contributed by atoms with Gasteiger partial charge in [0, 0.05) is 28.7 Å². The number of anilines is 1. The zero-order chi connectivity index (χ0) is 31.0. The Morgan fingerprint density at radius 3 is 2.07 bits per heavy atom. The number of rotatable bonds is 13. The monoisotopic (exact) mass is 633 g/mol. The largest absolute Gasteiger partial charge is 0.497 e. The molecule has 0 aliphatic rings. The molecule has 1 N–H and O–H groups in total. The molecular weight excluding hydrogens is 597 g/mol. The lowest BCUT2D eigenvalue weighted by molar-refractivity contribution is -0.140. The van der Waals surface area contributed by atoms with Gasteiger partial charge < -0.3 is 15.0 Å². The minimum atomic E-state index is -4.19. The number of ether oxygens (including phenoxy) is 1. The Morgan fingerprint density at radius 2 is 1.55 bits per heavy atom. The van der Waals surface area contributed by atoms with Crippen LogP contribution in [0.1, 0.15) is 38.3 Å². The van der Waals surface area contributed by atoms with Gasteiger partial charge in [0.2, 0.25) is 11.8 Å². The first-order valence-corrected chi connectivity index (χ1v) is 15.8. The summed E-state index contributed by atoms with van der Waals surface area (Å²) < 4.78 is 34.2. The molecule has 1 atom stereocenters. The number of methoxy groups -OCH3 is 1. The highest BCUT2D eigenvalue weighted by atomic mass is 35.5. The molecule has 2 amide bonds. The molecule has 1 unspecified atom stereocenters. The fourth-order valence-electron chi connectivity index (χ4n) is 4.31. The number of aryl methyl sites for hydroxylation is 1. The van der Waals surface area contributed by atoms with Gasteiger partial charge in [0.15, 0.2) is 0 Å². The predicted octanol–water partition coefficient (Wildman–Crippen LogP) is 6.09. The van der Waals surface area contributed by atoms with E-state index in [2.05, 4.69) is 5.32 Å². The molecule has 226 valence electrons. The Bertz CT molecular complexity index is 1460. The number of nitrogens with one attached hydrogen (secondary N) is 1. The van der Waals surface area contributed by atoms with Crippen molar-refractivity contribution in [2.24, 2.45) is 5.92 Å². The normalized spacial score (nSPS) is 12.1. The van der Waals surface area contributed by atoms with E-state index in [1.54, 1.807) is 61.5 Å². The Balaban J connectivity index is 2.09. The minimum Gasteiger partial charge on any atom is -0.497 e. The second-order valence-corrected chi connectivity index (χ2v) is 13.0. The maximum atomic E-state index is 14.2. The van der Waals surface area contributed by atoms with Crippen molar-refractivity contribution >= 4 is 50.7 Å². The van der Waals surface area contributed by atoms with Gasteiger partial charge in [0.25, 0.3) is 10.0 Å². The average Bonchev–Trinajstić information content (AvgIpc) is 2.96. The number of amides is 2. The van der Waals surface area contributed by atoms with Crippen LogP contribution in [0.5, 0.6) is 5.75 Å². The number of hydrogen-bond donors (Lipinski definition) is 1. The summed E-state index contributed by atoms with van der Waals surface area (Å²) in [7, 11) is -2.68. The van der Waals surface area contributed by atoms with Gasteiger partial charge in [-0.15, -0.1) is 0 Å². The minimum absolute atomic E-state index is 0.0270. The van der Waals surface area contributed by atoms with Crippen molar-refractivity contribution in [1.82, 2.24) is 10.2 Å². The van der Waals surface area contributed by atoms with Crippen molar-refractivity contribution in [1.29, 1.82) is 0 Å². The summed E-state index contributed by atoms with van der Waals surface area (Å²) in [6.45, 7) is 7.34. The van der Waals surface area contributed by atoms with Crippen molar-refractivity contribution in [2.45, 2.75) is 51.6 Å². The maximum absolute atomic E-state index is 14.2. The fourth-order valence-corrected chi connectivity index (χ4v) is 6.24. The lowest BCUT2D eigenvalue weighted by Gasteiger charge is -2.33. The van der Waals surface area contributed by atoms with Gasteiger partial charge in [-0.1, -0.05) is 67.7 Å². The maximum Gasteiger partial charge on any atom is 0.264 e. The van der Waals surface area contributed by atoms with Gasteiger partial charge in [-0.05, 0) is 67.8 Å². The molecule has 8 nitrogen and oxygen atoms in total. The average molecular weight is 635 g/mol. The van der Waals surface area contributed by atoms with Crippen LogP contribution in [0.4, 0.5) is 5.69 Å². The highest BCUT2D eigenvalue weighted by Crippen LogP contribution is 2.29. The molecule has 0 bridgehead atoms. The van der Waals surface area contributed by atoms with Crippen LogP contribution in [-0.4, -0.2) is 51.4 Å². The van der Waals surface area contributed by atoms with E-state index in [0.29, 0.717) is 27.9 Å². The highest BCUT2D eigenvalue weighted by Gasteiger charge is 2.34. The Morgan fingerprint density at radius 1 is 0.952 bits per heavy atom. The zero-order valence-corrected chi connectivity index (χ0v) is 26.8. The summed E-state index contributed by atoms with van der Waals surface area (Å²) in [6.07, 6.45) is 0.283. The van der Waals surface area contributed by atoms with Crippen LogP contribution in [0, 0.1) is 12.8 Å². The number of nitrogens with zero attached hydrogens (tertiary/aromatic N) is 2. The summed E-state index contributed by atoms with van der Waals surface area (Å²) in [5.74, 6) is -0.219. The quantitative estimate of drug-likeness (QED) is 0.246. The van der Waals surface area contributed by atoms with Crippen molar-refractivity contribution in [3.05, 3.63) is 87.9 Å². The summed E-state index contributed by atoms with van der Waals surface area (Å²) in [5, 5.41) is 3.56. The third-order valence-electron chi connectivity index (χ3n) is 6.71. The zero-order valence-electron chi connectivity index (χ0n) is 24.4. The van der Waals surface area contributed by atoms with Crippen LogP contribution in [0.2, 0.25) is 10.0 Å². The fraction of sp³-hybridized carbons (Fsp3) is 0.355. The molecule has 3 rings (SSSR count). The molecule has 0 saturated carbocycles. The van der Waals surface area contributed by atoms with Gasteiger partial charge in [-0.3, -0.25) is 13.9 Å². The number of carbonyl (C=O) groups excluding carboxylic acids is 2. The molecule has 0 fully saturated rings. The molecule has 0 saturated heterocycles. The van der Waals surface area contributed by atoms with Crippen LogP contribution in [-0.2, 0) is 26.2 Å². The number of hydrogen-bond acceptors (Lipinski definition) is 5. The smallest absolute Gasteiger partial charge is 0.264 e. The molecular formula is C31H37Cl2N3O5S. The second-order valence-electron chi connectivity index (χ2n) is 10.3. The van der Waals surface area contributed by atoms with Gasteiger partial charge in [0.1, 0.15) is 18.3 Å². The molecule has 3 aromatic carbocycles. The van der Waals surface area contributed by atoms with Gasteiger partial charge >= 0.3 is 0 Å². The molecule has 0 heterocycles. The van der Waals surface area contributed by atoms with Crippen LogP contribution in [0.25, 0.3) is 0 Å². The summed E-state index contributed by atoms with van der Waals surface area (Å²) in [6, 6.07) is 16.8. The van der Waals surface area contributed by atoms with Crippen molar-refractivity contribution < 1.29 is 22.7 Å². The van der Waals surface area contributed by atoms with Crippen LogP contribution >= 0.6 is 23.2 Å². The standard InChI is InChI=1S/C31H37Cl2N3O5S/c1-6-29(31(38)34-18-21(2)3)35(19-26-27(32)8-7-9-28(26)33)30(37)20-36(23-12-14-24(41-5)15-13-23)42(39,40)25-16-10-22(4)11-17-25/h7-17,21,29H,6,18-20H2,1-5H3,(H,34,38). The first-order valence-electron chi connectivity index (χ1n) is 13.6. The van der Waals surface area contributed by atoms with Crippen molar-refractivity contribution in [2.75, 3.05) is 24.5 Å². The topological polar surface area (TPSA) is 96.0 Å². The Kier molecular flexibility index (Phi) is 11.7. The number of carbonyl (C=O) groups is 2. The molecule has 11 heteroatoms. The third kappa shape index (κ3) is 8.18. The molecule has 3 aromatic rings. The van der Waals surface area contributed by atoms with Gasteiger partial charge in [-0.25, -0.2) is 8.42 Å². The number of halogens is 2. The van der Waals surface area contributed by atoms with E-state index in [1.165, 1.54) is 24.1 Å². The summed E-state index contributed by atoms with van der Waals surface area (Å²) >= 11 is 12.9. The van der Waals surface area contributed by atoms with Gasteiger partial charge in [0.05, 0.1) is 17.7 Å². The number of benzene rings is 3. The third-order valence-corrected chi connectivity index (χ3v) is 9.21. The van der Waals surface area contributed by atoms with Crippen LogP contribution in [0.15, 0.2) is 71.6 Å². The Labute approximate surface area is 258 Å². The van der Waals surface area contributed by atoms with E-state index >= 15 is 0 Å². The van der Waals surface area contributed by atoms with E-state index < -0.39 is 28.5 Å². The SMILES string of the molecule is CCC(C(=O)NCC(C)C)N(Cc1c(Cl)cccc1Cl)C(=O)CN(c1ccc(OC)cc1)S(=O)(=O)c1ccc(C)cc1. The second kappa shape index (κ2) is 14.8. The molecule has 0 aliphatic heterocycles. The molecule has 0 radical (unpaired) electrons. The molecule has 0 aliphatic carbocycles. The highest BCUT2D eigenvalue weighted by molar-refractivity contribution is 7.92. The van der Waals surface area contributed by atoms with E-state index in [9.17, 15) is 18.0 Å². The van der Waals surface area contributed by atoms with Crippen molar-refractivity contribution in [3.63, 3.8) is 0 Å². The van der Waals surface area contributed by atoms with E-state index in [-0.39, 0.29) is 35.4 Å². The first kappa shape index (κ1) is 33.2. The first-order chi connectivity index (χ1) is 19.9. The van der Waals surface area contributed by atoms with E-state index in [4.69, 9.17) is 27.9 Å². The van der Waals surface area contributed by atoms with Crippen molar-refractivity contribution in [3.8, 4) is 5.75 Å². The van der Waals surface area contributed by atoms with E-state index in [0.717, 1.165) is 9.87 Å².